The lowest BCUT2D eigenvalue weighted by Crippen LogP contribution is -2.10. The van der Waals surface area contributed by atoms with Crippen LogP contribution in [0, 0.1) is 0 Å². The van der Waals surface area contributed by atoms with Crippen LogP contribution in [-0.4, -0.2) is 30.6 Å². The van der Waals surface area contributed by atoms with Crippen LogP contribution in [0.2, 0.25) is 0 Å². The lowest BCUT2D eigenvalue weighted by Gasteiger charge is -2.14. The van der Waals surface area contributed by atoms with Crippen LogP contribution in [0.5, 0.6) is 0 Å². The van der Waals surface area contributed by atoms with Gasteiger partial charge in [-0.05, 0) is 24.6 Å². The van der Waals surface area contributed by atoms with Crippen molar-refractivity contribution in [3.63, 3.8) is 0 Å². The predicted molar refractivity (Wildman–Crippen MR) is 63.2 cm³/mol. The fourth-order valence-corrected chi connectivity index (χ4v) is 1.83. The molecule has 0 aliphatic heterocycles. The number of aromatic amines is 1. The molecule has 15 heavy (non-hydrogen) atoms. The average Bonchev–Trinajstić information content (AvgIpc) is 2.62. The first-order chi connectivity index (χ1) is 7.24. The maximum Gasteiger partial charge on any atom is 0.139 e. The van der Waals surface area contributed by atoms with E-state index in [1.165, 1.54) is 16.6 Å². The summed E-state index contributed by atoms with van der Waals surface area (Å²) in [5.74, 6) is 0. The van der Waals surface area contributed by atoms with Gasteiger partial charge in [0.15, 0.2) is 0 Å². The number of fused-ring (bicyclic) bond motifs is 1. The van der Waals surface area contributed by atoms with E-state index in [-0.39, 0.29) is 0 Å². The third kappa shape index (κ3) is 1.68. The van der Waals surface area contributed by atoms with Gasteiger partial charge >= 0.3 is 0 Å². The molecule has 0 amide bonds. The van der Waals surface area contributed by atoms with Gasteiger partial charge in [0.2, 0.25) is 0 Å². The summed E-state index contributed by atoms with van der Waals surface area (Å²) in [7, 11) is 4.07. The highest BCUT2D eigenvalue weighted by molar-refractivity contribution is 5.92. The number of pyridine rings is 1. The largest absolute Gasteiger partial charge is 0.377 e. The number of rotatable bonds is 3. The maximum absolute atomic E-state index is 5.59. The first-order valence-corrected chi connectivity index (χ1v) is 5.06. The van der Waals surface area contributed by atoms with Crippen molar-refractivity contribution in [2.75, 3.05) is 25.5 Å². The lowest BCUT2D eigenvalue weighted by atomic mass is 10.1. The molecule has 4 heteroatoms. The zero-order valence-electron chi connectivity index (χ0n) is 9.12. The fraction of sp³-hybridized carbons (Fsp3) is 0.364. The van der Waals surface area contributed by atoms with E-state index in [1.807, 2.05) is 32.6 Å². The molecule has 2 aromatic heterocycles. The zero-order chi connectivity index (χ0) is 10.8. The third-order valence-electron chi connectivity index (χ3n) is 2.53. The van der Waals surface area contributed by atoms with Crippen LogP contribution in [0.15, 0.2) is 18.5 Å². The summed E-state index contributed by atoms with van der Waals surface area (Å²) >= 11 is 0. The predicted octanol–water partition coefficient (Wildman–Crippen LogP) is 1.13. The quantitative estimate of drug-likeness (QED) is 0.788. The van der Waals surface area contributed by atoms with Crippen molar-refractivity contribution in [2.45, 2.75) is 6.42 Å². The molecule has 2 aromatic rings. The highest BCUT2D eigenvalue weighted by Crippen LogP contribution is 2.26. The first kappa shape index (κ1) is 9.98. The van der Waals surface area contributed by atoms with E-state index in [0.29, 0.717) is 6.54 Å². The highest BCUT2D eigenvalue weighted by atomic mass is 15.1. The van der Waals surface area contributed by atoms with Crippen molar-refractivity contribution >= 4 is 16.7 Å². The minimum absolute atomic E-state index is 0.661. The molecule has 0 aliphatic carbocycles. The Hall–Kier alpha value is -1.55. The first-order valence-electron chi connectivity index (χ1n) is 5.06. The molecule has 3 N–H and O–H groups in total. The van der Waals surface area contributed by atoms with Gasteiger partial charge in [-0.2, -0.15) is 0 Å². The van der Waals surface area contributed by atoms with Gasteiger partial charge < -0.3 is 15.6 Å². The van der Waals surface area contributed by atoms with Crippen LogP contribution in [0.25, 0.3) is 11.0 Å². The Morgan fingerprint density at radius 1 is 1.47 bits per heavy atom. The minimum atomic E-state index is 0.661. The molecule has 4 nitrogen and oxygen atoms in total. The van der Waals surface area contributed by atoms with Gasteiger partial charge in [-0.15, -0.1) is 0 Å². The second kappa shape index (κ2) is 3.90. The maximum atomic E-state index is 5.59. The van der Waals surface area contributed by atoms with Gasteiger partial charge in [-0.25, -0.2) is 4.98 Å². The SMILES string of the molecule is CN(C)c1ccnc2[nH]cc(CCN)c12. The molecule has 0 unspecified atom stereocenters. The second-order valence-corrected chi connectivity index (χ2v) is 3.80. The summed E-state index contributed by atoms with van der Waals surface area (Å²) in [6, 6.07) is 2.02. The number of nitrogens with two attached hydrogens (primary N) is 1. The van der Waals surface area contributed by atoms with Crippen molar-refractivity contribution in [1.82, 2.24) is 9.97 Å². The van der Waals surface area contributed by atoms with Crippen LogP contribution >= 0.6 is 0 Å². The monoisotopic (exact) mass is 204 g/mol. The summed E-state index contributed by atoms with van der Waals surface area (Å²) < 4.78 is 0. The van der Waals surface area contributed by atoms with E-state index in [1.54, 1.807) is 0 Å². The molecule has 0 spiro atoms. The van der Waals surface area contributed by atoms with Crippen molar-refractivity contribution in [2.24, 2.45) is 5.73 Å². The van der Waals surface area contributed by atoms with Crippen molar-refractivity contribution in [3.05, 3.63) is 24.0 Å². The molecule has 80 valence electrons. The Morgan fingerprint density at radius 3 is 2.93 bits per heavy atom. The molecule has 0 saturated heterocycles. The van der Waals surface area contributed by atoms with Crippen LogP contribution in [0.3, 0.4) is 0 Å². The third-order valence-corrected chi connectivity index (χ3v) is 2.53. The summed E-state index contributed by atoms with van der Waals surface area (Å²) in [6.07, 6.45) is 4.70. The van der Waals surface area contributed by atoms with Crippen LogP contribution in [0.4, 0.5) is 5.69 Å². The fourth-order valence-electron chi connectivity index (χ4n) is 1.83. The Balaban J connectivity index is 2.63. The molecular formula is C11H16N4. The number of anilines is 1. The molecule has 2 rings (SSSR count). The molecule has 0 aliphatic rings. The van der Waals surface area contributed by atoms with Gasteiger partial charge in [0.1, 0.15) is 5.65 Å². The second-order valence-electron chi connectivity index (χ2n) is 3.80. The topological polar surface area (TPSA) is 57.9 Å². The molecule has 0 atom stereocenters. The van der Waals surface area contributed by atoms with Crippen LogP contribution < -0.4 is 10.6 Å². The highest BCUT2D eigenvalue weighted by Gasteiger charge is 2.09. The van der Waals surface area contributed by atoms with Crippen molar-refractivity contribution in [1.29, 1.82) is 0 Å². The number of H-pyrrole nitrogens is 1. The summed E-state index contributed by atoms with van der Waals surface area (Å²) in [6.45, 7) is 0.661. The molecule has 0 fully saturated rings. The van der Waals surface area contributed by atoms with Gasteiger partial charge in [0, 0.05) is 37.6 Å². The van der Waals surface area contributed by atoms with Crippen LogP contribution in [0.1, 0.15) is 5.56 Å². The van der Waals surface area contributed by atoms with E-state index >= 15 is 0 Å². The van der Waals surface area contributed by atoms with E-state index in [4.69, 9.17) is 5.73 Å². The smallest absolute Gasteiger partial charge is 0.139 e. The Morgan fingerprint density at radius 2 is 2.27 bits per heavy atom. The Kier molecular flexibility index (Phi) is 2.60. The van der Waals surface area contributed by atoms with Gasteiger partial charge in [-0.3, -0.25) is 0 Å². The normalized spacial score (nSPS) is 10.9. The molecule has 0 saturated carbocycles. The molecular weight excluding hydrogens is 188 g/mol. The summed E-state index contributed by atoms with van der Waals surface area (Å²) in [5.41, 5.74) is 8.95. The summed E-state index contributed by atoms with van der Waals surface area (Å²) in [5, 5.41) is 1.19. The average molecular weight is 204 g/mol. The number of nitrogens with zero attached hydrogens (tertiary/aromatic N) is 2. The van der Waals surface area contributed by atoms with Crippen LogP contribution in [-0.2, 0) is 6.42 Å². The van der Waals surface area contributed by atoms with Gasteiger partial charge in [-0.1, -0.05) is 0 Å². The minimum Gasteiger partial charge on any atom is -0.377 e. The Labute approximate surface area is 89.1 Å². The number of hydrogen-bond acceptors (Lipinski definition) is 3. The number of nitrogens with one attached hydrogen (secondary N) is 1. The number of aromatic nitrogens is 2. The zero-order valence-corrected chi connectivity index (χ0v) is 9.12. The van der Waals surface area contributed by atoms with Gasteiger partial charge in [0.25, 0.3) is 0 Å². The van der Waals surface area contributed by atoms with E-state index in [9.17, 15) is 0 Å². The number of hydrogen-bond donors (Lipinski definition) is 2. The van der Waals surface area contributed by atoms with E-state index in [2.05, 4.69) is 14.9 Å². The van der Waals surface area contributed by atoms with Crippen molar-refractivity contribution < 1.29 is 0 Å². The van der Waals surface area contributed by atoms with E-state index < -0.39 is 0 Å². The Bertz CT molecular complexity index is 459. The van der Waals surface area contributed by atoms with E-state index in [0.717, 1.165) is 12.1 Å². The standard InChI is InChI=1S/C11H16N4/c1-15(2)9-4-6-13-11-10(9)8(3-5-12)7-14-11/h4,6-7H,3,5,12H2,1-2H3,(H,13,14). The molecule has 0 aromatic carbocycles. The van der Waals surface area contributed by atoms with Gasteiger partial charge in [0.05, 0.1) is 0 Å². The molecule has 0 radical (unpaired) electrons. The summed E-state index contributed by atoms with van der Waals surface area (Å²) in [4.78, 5) is 9.57. The lowest BCUT2D eigenvalue weighted by molar-refractivity contribution is 0.975. The molecule has 2 heterocycles. The van der Waals surface area contributed by atoms with Crippen molar-refractivity contribution in [3.8, 4) is 0 Å². The molecule has 0 bridgehead atoms.